The van der Waals surface area contributed by atoms with Gasteiger partial charge in [0.15, 0.2) is 0 Å². The molecule has 0 bridgehead atoms. The molecule has 2 fully saturated rings. The summed E-state index contributed by atoms with van der Waals surface area (Å²) in [6, 6.07) is 4.43. The average Bonchev–Trinajstić information content (AvgIpc) is 2.91. The monoisotopic (exact) mass is 396 g/mol. The van der Waals surface area contributed by atoms with Crippen LogP contribution in [0.4, 0.5) is 11.4 Å². The predicted octanol–water partition coefficient (Wildman–Crippen LogP) is 2.67. The largest absolute Gasteiger partial charge is 0.377 e. The van der Waals surface area contributed by atoms with Crippen molar-refractivity contribution >= 4 is 21.4 Å². The van der Waals surface area contributed by atoms with Crippen LogP contribution in [0.3, 0.4) is 0 Å². The Kier molecular flexibility index (Phi) is 6.33. The molecule has 150 valence electrons. The molecule has 1 aromatic rings. The van der Waals surface area contributed by atoms with Crippen molar-refractivity contribution < 1.29 is 13.3 Å². The van der Waals surface area contributed by atoms with Crippen LogP contribution in [0.1, 0.15) is 38.5 Å². The summed E-state index contributed by atoms with van der Waals surface area (Å²) in [6.07, 6.45) is 6.59. The van der Waals surface area contributed by atoms with Crippen LogP contribution in [0, 0.1) is 10.1 Å². The Bertz CT molecular complexity index is 768. The predicted molar refractivity (Wildman–Crippen MR) is 104 cm³/mol. The van der Waals surface area contributed by atoms with Gasteiger partial charge in [0.05, 0.1) is 9.82 Å². The van der Waals surface area contributed by atoms with E-state index in [9.17, 15) is 18.5 Å². The summed E-state index contributed by atoms with van der Waals surface area (Å²) in [7, 11) is -1.78. The highest BCUT2D eigenvalue weighted by atomic mass is 32.2. The summed E-state index contributed by atoms with van der Waals surface area (Å²) in [5.41, 5.74) is 0.235. The highest BCUT2D eigenvalue weighted by molar-refractivity contribution is 7.89. The number of nitrogens with zero attached hydrogens (tertiary/aromatic N) is 3. The summed E-state index contributed by atoms with van der Waals surface area (Å²) in [5.74, 6) is 0. The Morgan fingerprint density at radius 1 is 1.07 bits per heavy atom. The van der Waals surface area contributed by atoms with Gasteiger partial charge in [0.2, 0.25) is 10.0 Å². The molecule has 1 aliphatic heterocycles. The third-order valence-electron chi connectivity index (χ3n) is 5.48. The van der Waals surface area contributed by atoms with Gasteiger partial charge in [0, 0.05) is 38.3 Å². The van der Waals surface area contributed by atoms with Gasteiger partial charge < -0.3 is 10.2 Å². The zero-order valence-electron chi connectivity index (χ0n) is 15.8. The maximum Gasteiger partial charge on any atom is 0.293 e. The molecule has 2 aliphatic rings. The first-order valence-corrected chi connectivity index (χ1v) is 11.1. The van der Waals surface area contributed by atoms with Crippen molar-refractivity contribution in [2.24, 2.45) is 0 Å². The second-order valence-corrected chi connectivity index (χ2v) is 9.41. The van der Waals surface area contributed by atoms with Crippen molar-refractivity contribution in [2.45, 2.75) is 49.5 Å². The fourth-order valence-electron chi connectivity index (χ4n) is 3.77. The molecule has 0 aromatic heterocycles. The molecule has 0 atom stereocenters. The van der Waals surface area contributed by atoms with E-state index in [0.717, 1.165) is 25.7 Å². The minimum absolute atomic E-state index is 0.00910. The highest BCUT2D eigenvalue weighted by Gasteiger charge is 2.30. The van der Waals surface area contributed by atoms with Gasteiger partial charge in [0.1, 0.15) is 5.69 Å². The molecule has 1 aliphatic carbocycles. The van der Waals surface area contributed by atoms with Crippen LogP contribution >= 0.6 is 0 Å². The van der Waals surface area contributed by atoms with E-state index in [2.05, 4.69) is 10.2 Å². The van der Waals surface area contributed by atoms with Gasteiger partial charge in [-0.1, -0.05) is 25.7 Å². The lowest BCUT2D eigenvalue weighted by atomic mass is 10.1. The Morgan fingerprint density at radius 2 is 1.70 bits per heavy atom. The molecule has 3 rings (SSSR count). The third-order valence-corrected chi connectivity index (χ3v) is 7.38. The molecule has 0 amide bonds. The number of nitro benzene ring substituents is 1. The summed E-state index contributed by atoms with van der Waals surface area (Å²) in [5, 5.41) is 14.9. The maximum atomic E-state index is 12.9. The molecule has 1 saturated heterocycles. The Labute approximate surface area is 160 Å². The fourth-order valence-corrected chi connectivity index (χ4v) is 5.21. The van der Waals surface area contributed by atoms with Gasteiger partial charge in [-0.05, 0) is 32.0 Å². The number of rotatable bonds is 5. The number of nitrogens with one attached hydrogen (secondary N) is 1. The molecule has 9 heteroatoms. The van der Waals surface area contributed by atoms with Crippen molar-refractivity contribution in [3.63, 3.8) is 0 Å². The van der Waals surface area contributed by atoms with Gasteiger partial charge in [-0.25, -0.2) is 8.42 Å². The molecule has 1 aromatic carbocycles. The number of benzene rings is 1. The Hall–Kier alpha value is -1.71. The van der Waals surface area contributed by atoms with Gasteiger partial charge >= 0.3 is 0 Å². The van der Waals surface area contributed by atoms with Crippen LogP contribution in [0.25, 0.3) is 0 Å². The number of hydrogen-bond acceptors (Lipinski definition) is 6. The second kappa shape index (κ2) is 8.53. The van der Waals surface area contributed by atoms with E-state index in [1.54, 1.807) is 6.07 Å². The van der Waals surface area contributed by atoms with E-state index in [-0.39, 0.29) is 16.6 Å². The highest BCUT2D eigenvalue weighted by Crippen LogP contribution is 2.31. The summed E-state index contributed by atoms with van der Waals surface area (Å²) in [6.45, 7) is 2.11. The van der Waals surface area contributed by atoms with E-state index >= 15 is 0 Å². The van der Waals surface area contributed by atoms with Gasteiger partial charge in [-0.3, -0.25) is 10.1 Å². The first kappa shape index (κ1) is 20.0. The van der Waals surface area contributed by atoms with Crippen LogP contribution in [0.15, 0.2) is 23.1 Å². The molecule has 0 unspecified atom stereocenters. The first-order chi connectivity index (χ1) is 12.9. The summed E-state index contributed by atoms with van der Waals surface area (Å²) in [4.78, 5) is 13.1. The van der Waals surface area contributed by atoms with Crippen molar-refractivity contribution in [3.8, 4) is 0 Å². The Balaban J connectivity index is 1.83. The van der Waals surface area contributed by atoms with E-state index in [4.69, 9.17) is 0 Å². The van der Waals surface area contributed by atoms with Crippen LogP contribution in [0.2, 0.25) is 0 Å². The van der Waals surface area contributed by atoms with Crippen LogP contribution in [-0.4, -0.2) is 61.8 Å². The van der Waals surface area contributed by atoms with Gasteiger partial charge in [-0.15, -0.1) is 0 Å². The molecule has 0 radical (unpaired) electrons. The van der Waals surface area contributed by atoms with Gasteiger partial charge in [-0.2, -0.15) is 4.31 Å². The molecule has 1 N–H and O–H groups in total. The lowest BCUT2D eigenvalue weighted by molar-refractivity contribution is -0.384. The van der Waals surface area contributed by atoms with Crippen molar-refractivity contribution in [2.75, 3.05) is 38.5 Å². The number of likely N-dealkylation sites (N-methyl/N-ethyl adjacent to an activating group) is 1. The van der Waals surface area contributed by atoms with Gasteiger partial charge in [0.25, 0.3) is 5.69 Å². The lowest BCUT2D eigenvalue weighted by Crippen LogP contribution is -2.47. The number of hydrogen-bond donors (Lipinski definition) is 1. The quantitative estimate of drug-likeness (QED) is 0.467. The number of anilines is 1. The standard InChI is InChI=1S/C18H28N4O4S/c1-20-10-12-21(13-11-20)27(25,26)16-8-9-17(18(14-16)22(23)24)19-15-6-4-2-3-5-7-15/h8-9,14-15,19H,2-7,10-13H2,1H3. The smallest absolute Gasteiger partial charge is 0.293 e. The minimum Gasteiger partial charge on any atom is -0.377 e. The second-order valence-electron chi connectivity index (χ2n) is 7.48. The average molecular weight is 397 g/mol. The third kappa shape index (κ3) is 4.77. The fraction of sp³-hybridized carbons (Fsp3) is 0.667. The minimum atomic E-state index is -3.72. The molecule has 1 saturated carbocycles. The number of nitro groups is 1. The Morgan fingerprint density at radius 3 is 2.30 bits per heavy atom. The number of sulfonamides is 1. The zero-order chi connectivity index (χ0) is 19.4. The van der Waals surface area contributed by atoms with E-state index in [1.165, 1.54) is 29.3 Å². The summed E-state index contributed by atoms with van der Waals surface area (Å²) >= 11 is 0. The molecule has 1 heterocycles. The molecular weight excluding hydrogens is 368 g/mol. The van der Waals surface area contributed by atoms with E-state index in [1.807, 2.05) is 7.05 Å². The van der Waals surface area contributed by atoms with E-state index < -0.39 is 14.9 Å². The summed E-state index contributed by atoms with van der Waals surface area (Å²) < 4.78 is 27.2. The maximum absolute atomic E-state index is 12.9. The van der Waals surface area contributed by atoms with Crippen molar-refractivity contribution in [3.05, 3.63) is 28.3 Å². The lowest BCUT2D eigenvalue weighted by Gasteiger charge is -2.31. The zero-order valence-corrected chi connectivity index (χ0v) is 16.6. The molecule has 0 spiro atoms. The first-order valence-electron chi connectivity index (χ1n) is 9.61. The van der Waals surface area contributed by atoms with Crippen molar-refractivity contribution in [1.29, 1.82) is 0 Å². The van der Waals surface area contributed by atoms with Crippen LogP contribution in [-0.2, 0) is 10.0 Å². The SMILES string of the molecule is CN1CCN(S(=O)(=O)c2ccc(NC3CCCCCC3)c([N+](=O)[O-])c2)CC1. The number of piperazine rings is 1. The molecule has 27 heavy (non-hydrogen) atoms. The van der Waals surface area contributed by atoms with Crippen LogP contribution < -0.4 is 5.32 Å². The van der Waals surface area contributed by atoms with Crippen LogP contribution in [0.5, 0.6) is 0 Å². The van der Waals surface area contributed by atoms with Crippen molar-refractivity contribution in [1.82, 2.24) is 9.21 Å². The molecular formula is C18H28N4O4S. The normalized spacial score (nSPS) is 20.9. The van der Waals surface area contributed by atoms with E-state index in [0.29, 0.717) is 31.9 Å². The molecule has 8 nitrogen and oxygen atoms in total. The topological polar surface area (TPSA) is 95.8 Å².